The molecule has 0 aliphatic carbocycles. The summed E-state index contributed by atoms with van der Waals surface area (Å²) in [7, 11) is 6.50. The number of methoxy groups -OCH3 is 2. The van der Waals surface area contributed by atoms with Crippen molar-refractivity contribution in [3.63, 3.8) is 0 Å². The van der Waals surface area contributed by atoms with Gasteiger partial charge in [0.1, 0.15) is 0 Å². The van der Waals surface area contributed by atoms with Crippen LogP contribution in [0, 0.1) is 0 Å². The van der Waals surface area contributed by atoms with Crippen LogP contribution in [-0.4, -0.2) is 28.4 Å². The molecule has 2 nitrogen and oxygen atoms in total. The van der Waals surface area contributed by atoms with Crippen molar-refractivity contribution in [2.24, 2.45) is 0 Å². The van der Waals surface area contributed by atoms with Gasteiger partial charge in [0.05, 0.1) is 0 Å². The number of hydrogen-bond acceptors (Lipinski definition) is 2. The monoisotopic (exact) mass is 416 g/mol. The Hall–Kier alpha value is -2.42. The molecule has 30 heavy (non-hydrogen) atoms. The summed E-state index contributed by atoms with van der Waals surface area (Å²) in [6.07, 6.45) is 0. The minimum atomic E-state index is 1.62. The molecule has 172 valence electrons. The van der Waals surface area contributed by atoms with E-state index in [2.05, 4.69) is 9.47 Å². The smallest absolute Gasteiger partial charge is 0.0351 e. The van der Waals surface area contributed by atoms with Gasteiger partial charge in [0.2, 0.25) is 0 Å². The van der Waals surface area contributed by atoms with Crippen LogP contribution in [0.4, 0.5) is 0 Å². The highest BCUT2D eigenvalue weighted by molar-refractivity contribution is 5.00. The number of hydrogen-bond donors (Lipinski definition) is 0. The molecule has 0 atom stereocenters. The van der Waals surface area contributed by atoms with Crippen LogP contribution >= 0.6 is 0 Å². The molecule has 2 heteroatoms. The first-order chi connectivity index (χ1) is 14.8. The molecule has 0 aliphatic heterocycles. The van der Waals surface area contributed by atoms with Crippen LogP contribution in [-0.2, 0) is 9.47 Å². The van der Waals surface area contributed by atoms with Gasteiger partial charge < -0.3 is 9.47 Å². The molecule has 3 rings (SSSR count). The van der Waals surface area contributed by atoms with E-state index >= 15 is 0 Å². The first-order valence-corrected chi connectivity index (χ1v) is 10.6. The third kappa shape index (κ3) is 63.7. The van der Waals surface area contributed by atoms with E-state index in [0.717, 1.165) is 0 Å². The summed E-state index contributed by atoms with van der Waals surface area (Å²) < 4.78 is 8.50. The minimum Gasteiger partial charge on any atom is -0.388 e. The zero-order valence-corrected chi connectivity index (χ0v) is 21.2. The lowest BCUT2D eigenvalue weighted by atomic mass is 10.4. The van der Waals surface area contributed by atoms with Crippen LogP contribution in [0.25, 0.3) is 0 Å². The minimum absolute atomic E-state index is 1.62. The Bertz CT molecular complexity index is 328. The lowest BCUT2D eigenvalue weighted by Gasteiger charge is -1.69. The van der Waals surface area contributed by atoms with Crippen LogP contribution in [0.15, 0.2) is 109 Å². The van der Waals surface area contributed by atoms with Gasteiger partial charge in [-0.3, -0.25) is 0 Å². The largest absolute Gasteiger partial charge is 0.388 e. The molecule has 0 heterocycles. The van der Waals surface area contributed by atoms with E-state index in [4.69, 9.17) is 0 Å². The molecule has 3 aromatic rings. The Morgan fingerprint density at radius 1 is 0.233 bits per heavy atom. The van der Waals surface area contributed by atoms with Crippen LogP contribution < -0.4 is 0 Å². The predicted octanol–water partition coefficient (Wildman–Crippen LogP) is 8.66. The Balaban J connectivity index is -0.0000000838. The third-order valence-corrected chi connectivity index (χ3v) is 2.00. The van der Waals surface area contributed by atoms with Gasteiger partial charge in [0.15, 0.2) is 0 Å². The molecule has 0 radical (unpaired) electrons. The first kappa shape index (κ1) is 38.2. The molecule has 0 saturated heterocycles. The quantitative estimate of drug-likeness (QED) is 0.365. The third-order valence-electron chi connectivity index (χ3n) is 2.00. The highest BCUT2D eigenvalue weighted by atomic mass is 16.5. The van der Waals surface area contributed by atoms with E-state index in [0.29, 0.717) is 0 Å². The summed E-state index contributed by atoms with van der Waals surface area (Å²) >= 11 is 0. The van der Waals surface area contributed by atoms with Gasteiger partial charge in [-0.05, 0) is 0 Å². The van der Waals surface area contributed by atoms with Crippen LogP contribution in [0.1, 0.15) is 41.5 Å². The second-order valence-electron chi connectivity index (χ2n) is 4.28. The van der Waals surface area contributed by atoms with Crippen molar-refractivity contribution in [3.05, 3.63) is 109 Å². The molecule has 0 unspecified atom stereocenters. The SMILES string of the molecule is CC.CC.CC.COC.COC.c1ccccc1.c1ccccc1.c1ccccc1. The van der Waals surface area contributed by atoms with Gasteiger partial charge >= 0.3 is 0 Å². The molecule has 3 aromatic carbocycles. The van der Waals surface area contributed by atoms with Crippen molar-refractivity contribution in [1.82, 2.24) is 0 Å². The zero-order valence-electron chi connectivity index (χ0n) is 21.2. The fraction of sp³-hybridized carbons (Fsp3) is 0.357. The molecular formula is C28H48O2. The van der Waals surface area contributed by atoms with E-state index in [9.17, 15) is 0 Å². The van der Waals surface area contributed by atoms with E-state index in [-0.39, 0.29) is 0 Å². The van der Waals surface area contributed by atoms with Gasteiger partial charge in [-0.2, -0.15) is 0 Å². The molecule has 0 aromatic heterocycles. The maximum atomic E-state index is 4.25. The second-order valence-corrected chi connectivity index (χ2v) is 4.28. The average molecular weight is 417 g/mol. The Labute approximate surface area is 188 Å². The van der Waals surface area contributed by atoms with E-state index < -0.39 is 0 Å². The van der Waals surface area contributed by atoms with Gasteiger partial charge in [0, 0.05) is 28.4 Å². The topological polar surface area (TPSA) is 18.5 Å². The summed E-state index contributed by atoms with van der Waals surface area (Å²) in [5.74, 6) is 0. The van der Waals surface area contributed by atoms with Gasteiger partial charge in [0.25, 0.3) is 0 Å². The summed E-state index contributed by atoms with van der Waals surface area (Å²) in [5, 5.41) is 0. The number of benzene rings is 3. The van der Waals surface area contributed by atoms with Gasteiger partial charge in [-0.15, -0.1) is 0 Å². The van der Waals surface area contributed by atoms with Gasteiger partial charge in [-0.25, -0.2) is 0 Å². The van der Waals surface area contributed by atoms with Crippen LogP contribution in [0.5, 0.6) is 0 Å². The summed E-state index contributed by atoms with van der Waals surface area (Å²) in [6, 6.07) is 36.0. The highest BCUT2D eigenvalue weighted by Gasteiger charge is 1.59. The highest BCUT2D eigenvalue weighted by Crippen LogP contribution is 1.81. The Kier molecular flexibility index (Phi) is 71.7. The molecule has 0 fully saturated rings. The number of ether oxygens (including phenoxy) is 2. The zero-order chi connectivity index (χ0) is 24.1. The molecule has 0 N–H and O–H groups in total. The van der Waals surface area contributed by atoms with Crippen LogP contribution in [0.2, 0.25) is 0 Å². The van der Waals surface area contributed by atoms with Gasteiger partial charge in [-0.1, -0.05) is 151 Å². The average Bonchev–Trinajstić information content (AvgIpc) is 2.88. The molecule has 0 spiro atoms. The maximum Gasteiger partial charge on any atom is 0.0351 e. The molecular weight excluding hydrogens is 368 g/mol. The summed E-state index contributed by atoms with van der Waals surface area (Å²) in [6.45, 7) is 12.0. The van der Waals surface area contributed by atoms with E-state index in [1.54, 1.807) is 28.4 Å². The normalized spacial score (nSPS) is 6.60. The Morgan fingerprint density at radius 3 is 0.300 bits per heavy atom. The standard InChI is InChI=1S/3C6H6.2C2H6O.3C2H6/c3*1-2-4-6-5-3-1;2*1-3-2;3*1-2/h3*1-6H;2*1-2H3;3*1-2H3. The first-order valence-electron chi connectivity index (χ1n) is 10.6. The predicted molar refractivity (Wildman–Crippen MR) is 139 cm³/mol. The maximum absolute atomic E-state index is 4.25. The molecule has 0 amide bonds. The number of rotatable bonds is 0. The van der Waals surface area contributed by atoms with Crippen molar-refractivity contribution in [2.45, 2.75) is 41.5 Å². The van der Waals surface area contributed by atoms with Crippen molar-refractivity contribution in [3.8, 4) is 0 Å². The van der Waals surface area contributed by atoms with Crippen molar-refractivity contribution in [2.75, 3.05) is 28.4 Å². The van der Waals surface area contributed by atoms with Crippen molar-refractivity contribution in [1.29, 1.82) is 0 Å². The lowest BCUT2D eigenvalue weighted by Crippen LogP contribution is -1.55. The fourth-order valence-electron chi connectivity index (χ4n) is 1.15. The van der Waals surface area contributed by atoms with E-state index in [1.807, 2.05) is 151 Å². The summed E-state index contributed by atoms with van der Waals surface area (Å²) in [4.78, 5) is 0. The molecule has 0 bridgehead atoms. The second kappa shape index (κ2) is 56.3. The van der Waals surface area contributed by atoms with Crippen molar-refractivity contribution < 1.29 is 9.47 Å². The van der Waals surface area contributed by atoms with Crippen molar-refractivity contribution >= 4 is 0 Å². The Morgan fingerprint density at radius 2 is 0.267 bits per heavy atom. The molecule has 0 aliphatic rings. The van der Waals surface area contributed by atoms with E-state index in [1.165, 1.54) is 0 Å². The summed E-state index contributed by atoms with van der Waals surface area (Å²) in [5.41, 5.74) is 0. The van der Waals surface area contributed by atoms with Crippen LogP contribution in [0.3, 0.4) is 0 Å². The lowest BCUT2D eigenvalue weighted by molar-refractivity contribution is 0.277. The molecule has 0 saturated carbocycles. The fourth-order valence-corrected chi connectivity index (χ4v) is 1.15.